The molecule has 0 aliphatic heterocycles. The van der Waals surface area contributed by atoms with Gasteiger partial charge in [0.1, 0.15) is 0 Å². The lowest BCUT2D eigenvalue weighted by molar-refractivity contribution is 1.11. The fourth-order valence-electron chi connectivity index (χ4n) is 0.319. The predicted octanol–water partition coefficient (Wildman–Crippen LogP) is 1.57. The molecule has 0 spiro atoms. The molecule has 2 heteroatoms. The Morgan fingerprint density at radius 1 is 1.71 bits per heavy atom. The topological polar surface area (TPSA) is 0 Å². The fraction of sp³-hybridized carbons (Fsp3) is 0.600. The molecule has 0 aromatic heterocycles. The SMILES string of the molecule is C=CBPC(C)C. The van der Waals surface area contributed by atoms with Gasteiger partial charge in [-0.2, -0.15) is 8.46 Å². The molecule has 0 N–H and O–H groups in total. The van der Waals surface area contributed by atoms with Crippen LogP contribution in [-0.2, 0) is 0 Å². The van der Waals surface area contributed by atoms with Crippen LogP contribution in [0, 0.1) is 0 Å². The van der Waals surface area contributed by atoms with Crippen LogP contribution in [0.3, 0.4) is 0 Å². The summed E-state index contributed by atoms with van der Waals surface area (Å²) in [6.07, 6.45) is 0. The van der Waals surface area contributed by atoms with Crippen LogP contribution in [0.5, 0.6) is 0 Å². The maximum atomic E-state index is 3.64. The molecule has 0 rings (SSSR count). The van der Waals surface area contributed by atoms with E-state index >= 15 is 0 Å². The summed E-state index contributed by atoms with van der Waals surface area (Å²) in [4.78, 5) is 0. The van der Waals surface area contributed by atoms with Gasteiger partial charge in [0, 0.05) is 0 Å². The van der Waals surface area contributed by atoms with Crippen LogP contribution in [-0.4, -0.2) is 12.7 Å². The van der Waals surface area contributed by atoms with Gasteiger partial charge in [-0.3, -0.25) is 0 Å². The minimum atomic E-state index is 0.859. The maximum absolute atomic E-state index is 3.64. The molecule has 0 saturated heterocycles. The first-order valence-corrected chi connectivity index (χ1v) is 3.90. The van der Waals surface area contributed by atoms with Gasteiger partial charge in [0.15, 0.2) is 7.00 Å². The van der Waals surface area contributed by atoms with Crippen molar-refractivity contribution in [2.24, 2.45) is 0 Å². The molecular formula is C5H12BP. The second-order valence-corrected chi connectivity index (χ2v) is 3.82. The van der Waals surface area contributed by atoms with Crippen molar-refractivity contribution < 1.29 is 0 Å². The smallest absolute Gasteiger partial charge is 0.152 e. The van der Waals surface area contributed by atoms with Gasteiger partial charge >= 0.3 is 0 Å². The number of hydrogen-bond donors (Lipinski definition) is 0. The molecule has 0 aromatic carbocycles. The summed E-state index contributed by atoms with van der Waals surface area (Å²) in [6, 6.07) is 0. The van der Waals surface area contributed by atoms with Crippen molar-refractivity contribution in [1.29, 1.82) is 0 Å². The number of hydrogen-bond acceptors (Lipinski definition) is 0. The molecule has 0 nitrogen and oxygen atoms in total. The second kappa shape index (κ2) is 4.40. The minimum Gasteiger partial charge on any atom is -0.152 e. The third-order valence-corrected chi connectivity index (χ3v) is 2.01. The predicted molar refractivity (Wildman–Crippen MR) is 40.8 cm³/mol. The van der Waals surface area contributed by atoms with Crippen molar-refractivity contribution >= 4 is 15.5 Å². The summed E-state index contributed by atoms with van der Waals surface area (Å²) >= 11 is 0. The van der Waals surface area contributed by atoms with Crippen molar-refractivity contribution in [2.75, 3.05) is 0 Å². The Kier molecular flexibility index (Phi) is 4.54. The summed E-state index contributed by atoms with van der Waals surface area (Å²) in [6.45, 7) is 9.31. The molecule has 0 aliphatic rings. The lowest BCUT2D eigenvalue weighted by atomic mass is 10.1. The summed E-state index contributed by atoms with van der Waals surface area (Å²) in [5.74, 6) is 1.98. The van der Waals surface area contributed by atoms with Gasteiger partial charge in [-0.15, -0.1) is 12.6 Å². The Morgan fingerprint density at radius 2 is 2.29 bits per heavy atom. The first-order chi connectivity index (χ1) is 3.27. The molecule has 1 unspecified atom stereocenters. The van der Waals surface area contributed by atoms with E-state index in [0.717, 1.165) is 14.1 Å². The van der Waals surface area contributed by atoms with Crippen molar-refractivity contribution in [3.8, 4) is 0 Å². The van der Waals surface area contributed by atoms with Gasteiger partial charge in [-0.05, 0) is 5.66 Å². The largest absolute Gasteiger partial charge is 0.173 e. The Hall–Kier alpha value is 0.235. The van der Waals surface area contributed by atoms with Crippen molar-refractivity contribution in [3.05, 3.63) is 12.6 Å². The van der Waals surface area contributed by atoms with E-state index in [1.807, 2.05) is 5.98 Å². The zero-order valence-corrected chi connectivity index (χ0v) is 6.07. The zero-order chi connectivity index (χ0) is 5.70. The van der Waals surface area contributed by atoms with Crippen LogP contribution in [0.4, 0.5) is 0 Å². The molecule has 0 radical (unpaired) electrons. The first-order valence-electron chi connectivity index (χ1n) is 2.61. The van der Waals surface area contributed by atoms with E-state index in [1.165, 1.54) is 7.00 Å². The van der Waals surface area contributed by atoms with Gasteiger partial charge in [0.25, 0.3) is 0 Å². The van der Waals surface area contributed by atoms with Crippen LogP contribution in [0.15, 0.2) is 12.6 Å². The van der Waals surface area contributed by atoms with Gasteiger partial charge < -0.3 is 0 Å². The molecule has 0 bridgehead atoms. The van der Waals surface area contributed by atoms with Crippen molar-refractivity contribution in [1.82, 2.24) is 0 Å². The quantitative estimate of drug-likeness (QED) is 0.385. The normalized spacial score (nSPS) is 10.7. The van der Waals surface area contributed by atoms with E-state index in [0.29, 0.717) is 0 Å². The van der Waals surface area contributed by atoms with Crippen molar-refractivity contribution in [3.63, 3.8) is 0 Å². The van der Waals surface area contributed by atoms with E-state index in [-0.39, 0.29) is 0 Å². The van der Waals surface area contributed by atoms with Gasteiger partial charge in [-0.25, -0.2) is 0 Å². The van der Waals surface area contributed by atoms with Crippen molar-refractivity contribution in [2.45, 2.75) is 19.5 Å². The molecule has 40 valence electrons. The van der Waals surface area contributed by atoms with Crippen LogP contribution in [0.25, 0.3) is 0 Å². The molecule has 0 saturated carbocycles. The maximum Gasteiger partial charge on any atom is 0.173 e. The van der Waals surface area contributed by atoms with E-state index in [4.69, 9.17) is 0 Å². The average Bonchev–Trinajstić information content (AvgIpc) is 1.61. The molecule has 0 aliphatic carbocycles. The molecule has 7 heavy (non-hydrogen) atoms. The Bertz CT molecular complexity index is 52.0. The highest BCUT2D eigenvalue weighted by Gasteiger charge is 1.88. The Labute approximate surface area is 48.4 Å². The molecule has 0 heterocycles. The molecule has 0 amide bonds. The number of rotatable bonds is 3. The average molecular weight is 114 g/mol. The lowest BCUT2D eigenvalue weighted by Crippen LogP contribution is -1.84. The van der Waals surface area contributed by atoms with E-state index < -0.39 is 0 Å². The molecule has 0 fully saturated rings. The minimum absolute atomic E-state index is 0.859. The Morgan fingerprint density at radius 3 is 2.43 bits per heavy atom. The third kappa shape index (κ3) is 6.23. The van der Waals surface area contributed by atoms with E-state index in [2.05, 4.69) is 20.4 Å². The second-order valence-electron chi connectivity index (χ2n) is 1.85. The highest BCUT2D eigenvalue weighted by atomic mass is 31.1. The summed E-state index contributed by atoms with van der Waals surface area (Å²) < 4.78 is 0. The highest BCUT2D eigenvalue weighted by Crippen LogP contribution is 2.13. The molecule has 1 atom stereocenters. The lowest BCUT2D eigenvalue weighted by Gasteiger charge is -1.96. The highest BCUT2D eigenvalue weighted by molar-refractivity contribution is 7.72. The summed E-state index contributed by atoms with van der Waals surface area (Å²) in [5, 5.41) is 0. The third-order valence-electron chi connectivity index (χ3n) is 0.670. The first kappa shape index (κ1) is 7.23. The standard InChI is InChI=1S/C5H12BP/c1-4-6-7-5(2)3/h4-7H,1H2,2-3H3. The van der Waals surface area contributed by atoms with Gasteiger partial charge in [-0.1, -0.05) is 13.8 Å². The summed E-state index contributed by atoms with van der Waals surface area (Å²) in [5.41, 5.74) is 0.859. The molecule has 0 aromatic rings. The van der Waals surface area contributed by atoms with Crippen LogP contribution < -0.4 is 0 Å². The van der Waals surface area contributed by atoms with Crippen LogP contribution >= 0.6 is 8.46 Å². The van der Waals surface area contributed by atoms with E-state index in [1.54, 1.807) is 0 Å². The molecular weight excluding hydrogens is 102 g/mol. The van der Waals surface area contributed by atoms with Gasteiger partial charge in [0.2, 0.25) is 0 Å². The Balaban J connectivity index is 2.81. The van der Waals surface area contributed by atoms with Crippen LogP contribution in [0.2, 0.25) is 0 Å². The van der Waals surface area contributed by atoms with Crippen LogP contribution in [0.1, 0.15) is 13.8 Å². The van der Waals surface area contributed by atoms with E-state index in [9.17, 15) is 0 Å². The van der Waals surface area contributed by atoms with Gasteiger partial charge in [0.05, 0.1) is 0 Å². The fourth-order valence-corrected chi connectivity index (χ4v) is 0.957. The monoisotopic (exact) mass is 114 g/mol. The zero-order valence-electron chi connectivity index (χ0n) is 5.07. The summed E-state index contributed by atoms with van der Waals surface area (Å²) in [7, 11) is 1.07.